The lowest BCUT2D eigenvalue weighted by molar-refractivity contribution is -0.145. The maximum atomic E-state index is 11.3. The van der Waals surface area contributed by atoms with Gasteiger partial charge in [0.15, 0.2) is 11.5 Å². The van der Waals surface area contributed by atoms with Crippen LogP contribution in [0.4, 0.5) is 0 Å². The Labute approximate surface area is 118 Å². The van der Waals surface area contributed by atoms with Crippen LogP contribution in [0.5, 0.6) is 11.5 Å². The zero-order valence-electron chi connectivity index (χ0n) is 12.0. The molecule has 20 heavy (non-hydrogen) atoms. The zero-order chi connectivity index (χ0) is 15.2. The Hall–Kier alpha value is -1.79. The van der Waals surface area contributed by atoms with Gasteiger partial charge in [-0.1, -0.05) is 13.0 Å². The van der Waals surface area contributed by atoms with Gasteiger partial charge in [0.25, 0.3) is 0 Å². The van der Waals surface area contributed by atoms with Crippen molar-refractivity contribution >= 4 is 5.97 Å². The Balaban J connectivity index is 2.85. The third-order valence-corrected chi connectivity index (χ3v) is 2.97. The number of hydrogen-bond donors (Lipinski definition) is 3. The number of hydrogen-bond acceptors (Lipinski definition) is 5. The molecule has 0 aromatic heterocycles. The van der Waals surface area contributed by atoms with Gasteiger partial charge in [-0.3, -0.25) is 10.1 Å². The molecular formula is C14H21NO5. The third kappa shape index (κ3) is 3.85. The molecule has 0 aliphatic rings. The fourth-order valence-electron chi connectivity index (χ4n) is 1.73. The smallest absolute Gasteiger partial charge is 0.327 e. The normalized spacial score (nSPS) is 13.6. The van der Waals surface area contributed by atoms with Crippen molar-refractivity contribution in [1.29, 1.82) is 0 Å². The molecule has 0 bridgehead atoms. The highest BCUT2D eigenvalue weighted by Crippen LogP contribution is 2.28. The van der Waals surface area contributed by atoms with Crippen LogP contribution in [0.1, 0.15) is 19.4 Å². The topological polar surface area (TPSA) is 88.0 Å². The molecule has 112 valence electrons. The lowest BCUT2D eigenvalue weighted by Crippen LogP contribution is -2.53. The summed E-state index contributed by atoms with van der Waals surface area (Å²) in [4.78, 5) is 11.3. The highest BCUT2D eigenvalue weighted by Gasteiger charge is 2.33. The van der Waals surface area contributed by atoms with E-state index in [1.807, 2.05) is 6.92 Å². The van der Waals surface area contributed by atoms with E-state index in [4.69, 9.17) is 14.6 Å². The van der Waals surface area contributed by atoms with Crippen LogP contribution < -0.4 is 14.8 Å². The van der Waals surface area contributed by atoms with Gasteiger partial charge < -0.3 is 19.7 Å². The number of carboxylic acid groups (broad SMARTS) is 1. The van der Waals surface area contributed by atoms with Crippen LogP contribution in [-0.2, 0) is 11.4 Å². The number of aliphatic hydroxyl groups is 1. The van der Waals surface area contributed by atoms with Gasteiger partial charge in [0.2, 0.25) is 0 Å². The summed E-state index contributed by atoms with van der Waals surface area (Å²) in [6, 6.07) is 5.00. The van der Waals surface area contributed by atoms with E-state index in [1.165, 1.54) is 7.11 Å². The van der Waals surface area contributed by atoms with Gasteiger partial charge in [-0.25, -0.2) is 0 Å². The predicted octanol–water partition coefficient (Wildman–Crippen LogP) is 1.02. The summed E-state index contributed by atoms with van der Waals surface area (Å²) < 4.78 is 10.7. The monoisotopic (exact) mass is 283 g/mol. The number of rotatable bonds is 8. The maximum absolute atomic E-state index is 11.3. The van der Waals surface area contributed by atoms with Crippen molar-refractivity contribution < 1.29 is 24.5 Å². The Morgan fingerprint density at radius 3 is 2.60 bits per heavy atom. The fourth-order valence-corrected chi connectivity index (χ4v) is 1.73. The van der Waals surface area contributed by atoms with Crippen LogP contribution in [-0.4, -0.2) is 42.0 Å². The Morgan fingerprint density at radius 1 is 1.40 bits per heavy atom. The molecule has 3 N–H and O–H groups in total. The minimum absolute atomic E-state index is 0.0367. The van der Waals surface area contributed by atoms with E-state index in [9.17, 15) is 9.90 Å². The molecule has 1 rings (SSSR count). The first-order valence-corrected chi connectivity index (χ1v) is 6.35. The number of aliphatic carboxylic acids is 1. The summed E-state index contributed by atoms with van der Waals surface area (Å²) in [5.41, 5.74) is -0.475. The van der Waals surface area contributed by atoms with Crippen LogP contribution in [0.2, 0.25) is 0 Å². The molecular weight excluding hydrogens is 262 g/mol. The van der Waals surface area contributed by atoms with Crippen LogP contribution >= 0.6 is 0 Å². The van der Waals surface area contributed by atoms with Gasteiger partial charge >= 0.3 is 5.97 Å². The van der Waals surface area contributed by atoms with Gasteiger partial charge in [0, 0.05) is 0 Å². The quantitative estimate of drug-likeness (QED) is 0.660. The Kier molecular flexibility index (Phi) is 5.79. The standard InChI is InChI=1S/C14H21NO5/c1-4-15-14(2,13(17)18)9-20-11-6-5-10(8-16)7-12(11)19-3/h5-7,15-16H,4,8-9H2,1-3H3,(H,17,18). The molecule has 6 nitrogen and oxygen atoms in total. The van der Waals surface area contributed by atoms with Gasteiger partial charge in [0.05, 0.1) is 13.7 Å². The van der Waals surface area contributed by atoms with Crippen molar-refractivity contribution in [3.05, 3.63) is 23.8 Å². The summed E-state index contributed by atoms with van der Waals surface area (Å²) in [5, 5.41) is 21.2. The lowest BCUT2D eigenvalue weighted by atomic mass is 10.0. The van der Waals surface area contributed by atoms with E-state index < -0.39 is 11.5 Å². The van der Waals surface area contributed by atoms with E-state index in [0.29, 0.717) is 23.6 Å². The number of ether oxygens (including phenoxy) is 2. The third-order valence-electron chi connectivity index (χ3n) is 2.97. The fraction of sp³-hybridized carbons (Fsp3) is 0.500. The van der Waals surface area contributed by atoms with Crippen molar-refractivity contribution in [1.82, 2.24) is 5.32 Å². The first-order valence-electron chi connectivity index (χ1n) is 6.35. The van der Waals surface area contributed by atoms with Crippen molar-refractivity contribution in [2.75, 3.05) is 20.3 Å². The highest BCUT2D eigenvalue weighted by atomic mass is 16.5. The number of benzene rings is 1. The second kappa shape index (κ2) is 7.12. The number of carbonyl (C=O) groups is 1. The molecule has 0 spiro atoms. The van der Waals surface area contributed by atoms with E-state index in [2.05, 4.69) is 5.32 Å². The second-order valence-corrected chi connectivity index (χ2v) is 4.60. The predicted molar refractivity (Wildman–Crippen MR) is 74.1 cm³/mol. The average Bonchev–Trinajstić information content (AvgIpc) is 2.45. The van der Waals surface area contributed by atoms with Crippen molar-refractivity contribution in [3.8, 4) is 11.5 Å². The second-order valence-electron chi connectivity index (χ2n) is 4.60. The minimum Gasteiger partial charge on any atom is -0.493 e. The lowest BCUT2D eigenvalue weighted by Gasteiger charge is -2.26. The Bertz CT molecular complexity index is 463. The molecule has 0 heterocycles. The first kappa shape index (κ1) is 16.3. The molecule has 1 aromatic rings. The molecule has 0 amide bonds. The maximum Gasteiger partial charge on any atom is 0.327 e. The van der Waals surface area contributed by atoms with Crippen molar-refractivity contribution in [2.24, 2.45) is 0 Å². The number of carboxylic acids is 1. The number of likely N-dealkylation sites (N-methyl/N-ethyl adjacent to an activating group) is 1. The summed E-state index contributed by atoms with van der Waals surface area (Å²) in [7, 11) is 1.49. The highest BCUT2D eigenvalue weighted by molar-refractivity contribution is 5.78. The van der Waals surface area contributed by atoms with Gasteiger partial charge in [-0.05, 0) is 31.2 Å². The van der Waals surface area contributed by atoms with E-state index >= 15 is 0 Å². The molecule has 0 saturated carbocycles. The van der Waals surface area contributed by atoms with Crippen LogP contribution in [0.3, 0.4) is 0 Å². The summed E-state index contributed by atoms with van der Waals surface area (Å²) >= 11 is 0. The summed E-state index contributed by atoms with van der Waals surface area (Å²) in [6.07, 6.45) is 0. The summed E-state index contributed by atoms with van der Waals surface area (Å²) in [5.74, 6) is -0.0823. The molecule has 1 aromatic carbocycles. The van der Waals surface area contributed by atoms with E-state index in [-0.39, 0.29) is 13.2 Å². The van der Waals surface area contributed by atoms with Gasteiger partial charge in [-0.15, -0.1) is 0 Å². The molecule has 0 saturated heterocycles. The molecule has 1 atom stereocenters. The molecule has 6 heteroatoms. The minimum atomic E-state index is -1.17. The van der Waals surface area contributed by atoms with Gasteiger partial charge in [-0.2, -0.15) is 0 Å². The van der Waals surface area contributed by atoms with E-state index in [1.54, 1.807) is 25.1 Å². The number of methoxy groups -OCH3 is 1. The van der Waals surface area contributed by atoms with Crippen molar-refractivity contribution in [2.45, 2.75) is 26.0 Å². The number of nitrogens with one attached hydrogen (secondary N) is 1. The van der Waals surface area contributed by atoms with E-state index in [0.717, 1.165) is 0 Å². The SMILES string of the molecule is CCNC(C)(COc1ccc(CO)cc1OC)C(=O)O. The molecule has 0 aliphatic carbocycles. The molecule has 0 radical (unpaired) electrons. The molecule has 0 aliphatic heterocycles. The summed E-state index contributed by atoms with van der Waals surface area (Å²) in [6.45, 7) is 3.78. The largest absolute Gasteiger partial charge is 0.493 e. The van der Waals surface area contributed by atoms with Crippen LogP contribution in [0.15, 0.2) is 18.2 Å². The molecule has 0 fully saturated rings. The van der Waals surface area contributed by atoms with Gasteiger partial charge in [0.1, 0.15) is 12.1 Å². The number of aliphatic hydroxyl groups excluding tert-OH is 1. The van der Waals surface area contributed by atoms with Crippen LogP contribution in [0, 0.1) is 0 Å². The first-order chi connectivity index (χ1) is 9.46. The average molecular weight is 283 g/mol. The van der Waals surface area contributed by atoms with Crippen LogP contribution in [0.25, 0.3) is 0 Å². The Morgan fingerprint density at radius 2 is 2.10 bits per heavy atom. The zero-order valence-corrected chi connectivity index (χ0v) is 12.0. The molecule has 1 unspecified atom stereocenters. The van der Waals surface area contributed by atoms with Crippen molar-refractivity contribution in [3.63, 3.8) is 0 Å².